The van der Waals surface area contributed by atoms with E-state index in [-0.39, 0.29) is 0 Å². The van der Waals surface area contributed by atoms with Gasteiger partial charge in [0.1, 0.15) is 17.8 Å². The highest BCUT2D eigenvalue weighted by Crippen LogP contribution is 2.14. The average molecular weight is 658 g/mol. The molecular weight excluding hydrogens is 594 g/mol. The van der Waals surface area contributed by atoms with Crippen LogP contribution in [0.3, 0.4) is 0 Å². The summed E-state index contributed by atoms with van der Waals surface area (Å²) in [5, 5.41) is 8.12. The maximum atomic E-state index is 4.33. The molecule has 0 aliphatic carbocycles. The zero-order chi connectivity index (χ0) is 36.6. The van der Waals surface area contributed by atoms with E-state index in [9.17, 15) is 0 Å². The first-order chi connectivity index (χ1) is 23.0. The van der Waals surface area contributed by atoms with Crippen molar-refractivity contribution in [1.82, 2.24) is 43.6 Å². The van der Waals surface area contributed by atoms with Crippen LogP contribution >= 0.6 is 0 Å². The molecule has 5 rings (SSSR count). The van der Waals surface area contributed by atoms with E-state index >= 15 is 0 Å². The van der Waals surface area contributed by atoms with Crippen LogP contribution in [-0.4, -0.2) is 50.2 Å². The second-order valence-corrected chi connectivity index (χ2v) is 11.2. The fourth-order valence-corrected chi connectivity index (χ4v) is 3.94. The molecule has 9 nitrogen and oxygen atoms in total. The Hall–Kier alpha value is -4.53. The first-order valence-corrected chi connectivity index (χ1v) is 17.3. The molecule has 0 radical (unpaired) electrons. The molecule has 0 aromatic carbocycles. The fraction of sp³-hybridized carbons (Fsp3) is 0.462. The van der Waals surface area contributed by atoms with Crippen LogP contribution in [0.25, 0.3) is 17.4 Å². The van der Waals surface area contributed by atoms with E-state index in [1.807, 2.05) is 108 Å². The van der Waals surface area contributed by atoms with Crippen LogP contribution in [0.5, 0.6) is 0 Å². The van der Waals surface area contributed by atoms with Gasteiger partial charge in [-0.15, -0.1) is 0 Å². The van der Waals surface area contributed by atoms with Crippen LogP contribution in [0.2, 0.25) is 0 Å². The molecule has 0 bridgehead atoms. The minimum Gasteiger partial charge on any atom is -0.353 e. The van der Waals surface area contributed by atoms with E-state index in [4.69, 9.17) is 0 Å². The van der Waals surface area contributed by atoms with E-state index in [2.05, 4.69) is 102 Å². The highest BCUT2D eigenvalue weighted by Gasteiger charge is 2.02. The third-order valence-electron chi connectivity index (χ3n) is 6.50. The van der Waals surface area contributed by atoms with Gasteiger partial charge in [0.25, 0.3) is 0 Å². The molecule has 0 aliphatic rings. The zero-order valence-electron chi connectivity index (χ0n) is 32.3. The number of hydrogen-bond donors (Lipinski definition) is 0. The van der Waals surface area contributed by atoms with Gasteiger partial charge in [0.2, 0.25) is 0 Å². The molecule has 0 fully saturated rings. The first-order valence-electron chi connectivity index (χ1n) is 17.3. The smallest absolute Gasteiger partial charge is 0.154 e. The van der Waals surface area contributed by atoms with Crippen molar-refractivity contribution >= 4 is 17.4 Å². The Kier molecular flexibility index (Phi) is 22.3. The lowest BCUT2D eigenvalue weighted by Crippen LogP contribution is -2.13. The lowest BCUT2D eigenvalue weighted by atomic mass is 10.1. The van der Waals surface area contributed by atoms with Gasteiger partial charge in [-0.3, -0.25) is 0 Å². The molecule has 5 aromatic heterocycles. The molecule has 0 amide bonds. The van der Waals surface area contributed by atoms with Crippen LogP contribution in [0, 0.1) is 0 Å². The van der Waals surface area contributed by atoms with Crippen molar-refractivity contribution in [3.05, 3.63) is 109 Å². The number of aryl methyl sites for hydroxylation is 1. The SMILES string of the molecule is C/C=C\c1ncnn1CC.C=C(C)N(C=C(C)C)CC.CC.CC.CC(C)c1cnc2cccn2c1.CC(C)c1cnc2ccnn2c1. The largest absolute Gasteiger partial charge is 0.353 e. The monoisotopic (exact) mass is 658 g/mol. The van der Waals surface area contributed by atoms with Gasteiger partial charge in [0.05, 0.1) is 6.20 Å². The number of nitrogens with zero attached hydrogens (tertiary/aromatic N) is 9. The summed E-state index contributed by atoms with van der Waals surface area (Å²) in [6.45, 7) is 34.7. The minimum atomic E-state index is 0.506. The van der Waals surface area contributed by atoms with Gasteiger partial charge < -0.3 is 9.30 Å². The predicted molar refractivity (Wildman–Crippen MR) is 206 cm³/mol. The third kappa shape index (κ3) is 15.4. The van der Waals surface area contributed by atoms with Crippen molar-refractivity contribution in [3.63, 3.8) is 0 Å². The van der Waals surface area contributed by atoms with E-state index in [0.717, 1.165) is 35.9 Å². The molecule has 5 aromatic rings. The molecule has 9 heteroatoms. The van der Waals surface area contributed by atoms with Gasteiger partial charge in [0.15, 0.2) is 5.65 Å². The van der Waals surface area contributed by atoms with Crippen molar-refractivity contribution in [2.75, 3.05) is 6.54 Å². The molecule has 0 N–H and O–H groups in total. The lowest BCUT2D eigenvalue weighted by molar-refractivity contribution is 0.490. The van der Waals surface area contributed by atoms with Crippen molar-refractivity contribution < 1.29 is 0 Å². The summed E-state index contributed by atoms with van der Waals surface area (Å²) in [5.74, 6) is 1.97. The number of hydrogen-bond acceptors (Lipinski definition) is 6. The van der Waals surface area contributed by atoms with Gasteiger partial charge in [0, 0.05) is 62.0 Å². The molecule has 0 aliphatic heterocycles. The zero-order valence-corrected chi connectivity index (χ0v) is 32.3. The summed E-state index contributed by atoms with van der Waals surface area (Å²) in [7, 11) is 0. The van der Waals surface area contributed by atoms with Gasteiger partial charge in [-0.05, 0) is 82.7 Å². The van der Waals surface area contributed by atoms with Crippen LogP contribution in [0.4, 0.5) is 0 Å². The Morgan fingerprint density at radius 1 is 0.854 bits per heavy atom. The molecule has 0 unspecified atom stereocenters. The number of fused-ring (bicyclic) bond motifs is 2. The Bertz CT molecular complexity index is 1530. The van der Waals surface area contributed by atoms with E-state index in [1.165, 1.54) is 16.7 Å². The van der Waals surface area contributed by atoms with Crippen LogP contribution < -0.4 is 0 Å². The number of rotatable bonds is 7. The molecule has 264 valence electrons. The quantitative estimate of drug-likeness (QED) is 0.173. The van der Waals surface area contributed by atoms with Gasteiger partial charge in [-0.1, -0.05) is 73.6 Å². The fourth-order valence-electron chi connectivity index (χ4n) is 3.94. The van der Waals surface area contributed by atoms with Gasteiger partial charge >= 0.3 is 0 Å². The number of aromatic nitrogens is 8. The summed E-state index contributed by atoms with van der Waals surface area (Å²) >= 11 is 0. The number of allylic oxidation sites excluding steroid dienone is 3. The minimum absolute atomic E-state index is 0.506. The van der Waals surface area contributed by atoms with Gasteiger partial charge in [-0.25, -0.2) is 24.1 Å². The third-order valence-corrected chi connectivity index (χ3v) is 6.50. The van der Waals surface area contributed by atoms with Crippen LogP contribution in [-0.2, 0) is 6.54 Å². The molecule has 48 heavy (non-hydrogen) atoms. The summed E-state index contributed by atoms with van der Waals surface area (Å²) in [6.07, 6.45) is 19.4. The predicted octanol–water partition coefficient (Wildman–Crippen LogP) is 10.5. The topological polar surface area (TPSA) is 81.4 Å². The van der Waals surface area contributed by atoms with Crippen molar-refractivity contribution in [1.29, 1.82) is 0 Å². The summed E-state index contributed by atoms with van der Waals surface area (Å²) in [5.41, 5.74) is 6.82. The van der Waals surface area contributed by atoms with Crippen molar-refractivity contribution in [2.24, 2.45) is 0 Å². The standard InChI is InChI=1S/C10H12N2.C9H11N3.C9H17N.C7H11N3.2C2H6/c1-8(2)9-6-11-10-4-3-5-12(10)7-9;1-7(2)8-5-10-9-3-4-11-12(9)6-8;1-6-10(9(4)5)7-8(2)3;1-3-5-7-8-6-9-10(7)4-2;2*1-2/h3-8H,1-2H3;3-7H,1-2H3;7H,4,6H2,1-3,5H3;3,5-6H,4H2,1-2H3;2*1-2H3/b;;;5-3-;;. The summed E-state index contributed by atoms with van der Waals surface area (Å²) in [6, 6.07) is 5.90. The summed E-state index contributed by atoms with van der Waals surface area (Å²) in [4.78, 5) is 14.8. The lowest BCUT2D eigenvalue weighted by Gasteiger charge is -2.18. The van der Waals surface area contributed by atoms with Crippen LogP contribution in [0.15, 0.2) is 91.8 Å². The second-order valence-electron chi connectivity index (χ2n) is 11.2. The van der Waals surface area contributed by atoms with Crippen molar-refractivity contribution in [2.45, 2.75) is 115 Å². The van der Waals surface area contributed by atoms with E-state index in [0.29, 0.717) is 11.8 Å². The Morgan fingerprint density at radius 3 is 1.96 bits per heavy atom. The van der Waals surface area contributed by atoms with Gasteiger partial charge in [-0.2, -0.15) is 10.2 Å². The Morgan fingerprint density at radius 2 is 1.46 bits per heavy atom. The van der Waals surface area contributed by atoms with Crippen LogP contribution in [0.1, 0.15) is 126 Å². The molecule has 0 saturated heterocycles. The maximum Gasteiger partial charge on any atom is 0.154 e. The molecule has 0 spiro atoms. The highest BCUT2D eigenvalue weighted by atomic mass is 15.3. The van der Waals surface area contributed by atoms with E-state index in [1.54, 1.807) is 17.0 Å². The molecule has 5 heterocycles. The summed E-state index contributed by atoms with van der Waals surface area (Å²) < 4.78 is 5.70. The average Bonchev–Trinajstić information content (AvgIpc) is 3.86. The highest BCUT2D eigenvalue weighted by molar-refractivity contribution is 5.39. The maximum absolute atomic E-state index is 4.33. The van der Waals surface area contributed by atoms with Crippen molar-refractivity contribution in [3.8, 4) is 0 Å². The molecule has 0 atom stereocenters. The molecular formula is C39H63N9. The first kappa shape index (κ1) is 43.5. The Balaban J connectivity index is 0.000000595. The molecule has 0 saturated carbocycles. The Labute approximate surface area is 291 Å². The normalized spacial score (nSPS) is 10.0. The second kappa shape index (κ2) is 24.6. The van der Waals surface area contributed by atoms with E-state index < -0.39 is 0 Å².